The van der Waals surface area contributed by atoms with Crippen LogP contribution in [0.3, 0.4) is 0 Å². The number of rotatable bonds is 5. The van der Waals surface area contributed by atoms with Crippen molar-refractivity contribution in [2.45, 2.75) is 0 Å². The molecule has 0 amide bonds. The van der Waals surface area contributed by atoms with Crippen molar-refractivity contribution in [3.05, 3.63) is 152 Å². The first-order chi connectivity index (χ1) is 23.3. The van der Waals surface area contributed by atoms with Crippen LogP contribution in [0.15, 0.2) is 152 Å². The average molecular weight is 620 g/mol. The van der Waals surface area contributed by atoms with Crippen LogP contribution in [0.5, 0.6) is 0 Å². The summed E-state index contributed by atoms with van der Waals surface area (Å²) in [5.41, 5.74) is 6.69. The normalized spacial score (nSPS) is 11.4. The summed E-state index contributed by atoms with van der Waals surface area (Å²) in [6, 6.07) is 51.7. The van der Waals surface area contributed by atoms with Gasteiger partial charge in [-0.1, -0.05) is 140 Å². The number of thiophene rings is 1. The molecule has 0 spiro atoms. The van der Waals surface area contributed by atoms with Crippen LogP contribution >= 0.6 is 11.3 Å². The molecule has 9 aromatic rings. The van der Waals surface area contributed by atoms with Gasteiger partial charge >= 0.3 is 0 Å². The maximum absolute atomic E-state index is 5.13. The third kappa shape index (κ3) is 5.01. The third-order valence-corrected chi connectivity index (χ3v) is 9.51. The number of nitrogens with zero attached hydrogens (tertiary/aromatic N) is 5. The molecule has 3 heterocycles. The zero-order valence-electron chi connectivity index (χ0n) is 25.1. The summed E-state index contributed by atoms with van der Waals surface area (Å²) in [6.07, 6.45) is 0. The Bertz CT molecular complexity index is 2560. The highest BCUT2D eigenvalue weighted by molar-refractivity contribution is 7.26. The van der Waals surface area contributed by atoms with Crippen LogP contribution in [0.4, 0.5) is 0 Å². The van der Waals surface area contributed by atoms with Gasteiger partial charge in [0, 0.05) is 37.9 Å². The van der Waals surface area contributed by atoms with Crippen molar-refractivity contribution in [1.82, 2.24) is 24.9 Å². The molecule has 0 saturated heterocycles. The SMILES string of the molecule is c1ccc(-c2nc(-c3ccc(-c4nc(-c5ccccc5)c5sc6ccccc6c5n4)cc3)nc(-c3ccc4ccccc4c3)n2)cc1. The first-order valence-corrected chi connectivity index (χ1v) is 16.2. The maximum Gasteiger partial charge on any atom is 0.164 e. The van der Waals surface area contributed by atoms with E-state index in [9.17, 15) is 0 Å². The number of hydrogen-bond acceptors (Lipinski definition) is 6. The van der Waals surface area contributed by atoms with Gasteiger partial charge in [0.15, 0.2) is 23.3 Å². The first kappa shape index (κ1) is 27.2. The molecule has 0 bridgehead atoms. The number of benzene rings is 6. The molecule has 0 aliphatic rings. The van der Waals surface area contributed by atoms with E-state index in [0.29, 0.717) is 23.3 Å². The molecular formula is C41H25N5S. The molecule has 47 heavy (non-hydrogen) atoms. The summed E-state index contributed by atoms with van der Waals surface area (Å²) in [4.78, 5) is 25.1. The number of aromatic nitrogens is 5. The molecule has 0 aliphatic carbocycles. The predicted octanol–water partition coefficient (Wildman–Crippen LogP) is 10.5. The first-order valence-electron chi connectivity index (χ1n) is 15.4. The lowest BCUT2D eigenvalue weighted by molar-refractivity contribution is 1.07. The van der Waals surface area contributed by atoms with Crippen molar-refractivity contribution >= 4 is 42.4 Å². The largest absolute Gasteiger partial charge is 0.226 e. The van der Waals surface area contributed by atoms with Crippen molar-refractivity contribution in [3.8, 4) is 56.8 Å². The summed E-state index contributed by atoms with van der Waals surface area (Å²) in [6.45, 7) is 0. The van der Waals surface area contributed by atoms with Gasteiger partial charge in [0.2, 0.25) is 0 Å². The van der Waals surface area contributed by atoms with E-state index in [1.54, 1.807) is 11.3 Å². The van der Waals surface area contributed by atoms with Gasteiger partial charge in [-0.15, -0.1) is 11.3 Å². The van der Waals surface area contributed by atoms with E-state index in [4.69, 9.17) is 24.9 Å². The van der Waals surface area contributed by atoms with E-state index in [-0.39, 0.29) is 0 Å². The molecule has 6 aromatic carbocycles. The minimum absolute atomic E-state index is 0.610. The van der Waals surface area contributed by atoms with Gasteiger partial charge in [-0.05, 0) is 22.9 Å². The summed E-state index contributed by atoms with van der Waals surface area (Å²) < 4.78 is 2.30. The van der Waals surface area contributed by atoms with Gasteiger partial charge in [0.1, 0.15) is 0 Å². The van der Waals surface area contributed by atoms with Crippen molar-refractivity contribution in [3.63, 3.8) is 0 Å². The molecule has 9 rings (SSSR count). The van der Waals surface area contributed by atoms with Gasteiger partial charge < -0.3 is 0 Å². The quantitative estimate of drug-likeness (QED) is 0.192. The molecule has 0 unspecified atom stereocenters. The van der Waals surface area contributed by atoms with Crippen LogP contribution in [0.2, 0.25) is 0 Å². The molecule has 0 saturated carbocycles. The van der Waals surface area contributed by atoms with Crippen LogP contribution < -0.4 is 0 Å². The van der Waals surface area contributed by atoms with Crippen molar-refractivity contribution in [2.24, 2.45) is 0 Å². The van der Waals surface area contributed by atoms with E-state index in [1.165, 1.54) is 10.1 Å². The smallest absolute Gasteiger partial charge is 0.164 e. The Morgan fingerprint density at radius 3 is 1.57 bits per heavy atom. The Kier molecular flexibility index (Phi) is 6.58. The molecular weight excluding hydrogens is 595 g/mol. The lowest BCUT2D eigenvalue weighted by Crippen LogP contribution is -2.00. The molecule has 0 atom stereocenters. The standard InChI is InChI=1S/C41H25N5S/c1-3-12-27(13-4-1)35-37-36(33-17-9-10-18-34(33)47-37)43-38(42-35)29-20-22-30(23-21-29)40-44-39(28-14-5-2-6-15-28)45-41(46-40)32-24-19-26-11-7-8-16-31(26)25-32/h1-25H. The number of fused-ring (bicyclic) bond motifs is 4. The van der Waals surface area contributed by atoms with Crippen molar-refractivity contribution < 1.29 is 0 Å². The monoisotopic (exact) mass is 619 g/mol. The fourth-order valence-corrected chi connectivity index (χ4v) is 7.11. The molecule has 0 radical (unpaired) electrons. The summed E-state index contributed by atoms with van der Waals surface area (Å²) in [5.74, 6) is 2.56. The van der Waals surface area contributed by atoms with Crippen LogP contribution in [0, 0.1) is 0 Å². The van der Waals surface area contributed by atoms with E-state index < -0.39 is 0 Å². The molecule has 5 nitrogen and oxygen atoms in total. The fourth-order valence-electron chi connectivity index (χ4n) is 5.96. The predicted molar refractivity (Wildman–Crippen MR) is 193 cm³/mol. The highest BCUT2D eigenvalue weighted by atomic mass is 32.1. The highest BCUT2D eigenvalue weighted by Gasteiger charge is 2.17. The van der Waals surface area contributed by atoms with Gasteiger partial charge in [0.25, 0.3) is 0 Å². The summed E-state index contributed by atoms with van der Waals surface area (Å²) in [5, 5.41) is 3.46. The second-order valence-corrected chi connectivity index (χ2v) is 12.4. The van der Waals surface area contributed by atoms with Crippen LogP contribution in [-0.2, 0) is 0 Å². The molecule has 6 heteroatoms. The minimum atomic E-state index is 0.610. The van der Waals surface area contributed by atoms with Gasteiger partial charge in [-0.25, -0.2) is 24.9 Å². The second-order valence-electron chi connectivity index (χ2n) is 11.3. The Labute approximate surface area is 275 Å². The zero-order valence-corrected chi connectivity index (χ0v) is 25.9. The Balaban J connectivity index is 1.16. The summed E-state index contributed by atoms with van der Waals surface area (Å²) in [7, 11) is 0. The Morgan fingerprint density at radius 2 is 0.872 bits per heavy atom. The Morgan fingerprint density at radius 1 is 0.362 bits per heavy atom. The van der Waals surface area contributed by atoms with Crippen LogP contribution in [-0.4, -0.2) is 24.9 Å². The van der Waals surface area contributed by atoms with Gasteiger partial charge in [-0.3, -0.25) is 0 Å². The van der Waals surface area contributed by atoms with Crippen LogP contribution in [0.25, 0.3) is 87.9 Å². The zero-order chi connectivity index (χ0) is 31.2. The van der Waals surface area contributed by atoms with Gasteiger partial charge in [-0.2, -0.15) is 0 Å². The van der Waals surface area contributed by atoms with Crippen molar-refractivity contribution in [2.75, 3.05) is 0 Å². The highest BCUT2D eigenvalue weighted by Crippen LogP contribution is 2.39. The maximum atomic E-state index is 5.13. The second kappa shape index (κ2) is 11.4. The van der Waals surface area contributed by atoms with Crippen LogP contribution in [0.1, 0.15) is 0 Å². The third-order valence-electron chi connectivity index (χ3n) is 8.34. The lowest BCUT2D eigenvalue weighted by Gasteiger charge is -2.10. The molecule has 0 fully saturated rings. The molecule has 0 N–H and O–H groups in total. The van der Waals surface area contributed by atoms with Crippen molar-refractivity contribution in [1.29, 1.82) is 0 Å². The number of hydrogen-bond donors (Lipinski definition) is 0. The minimum Gasteiger partial charge on any atom is -0.226 e. The Hall–Kier alpha value is -6.11. The van der Waals surface area contributed by atoms with E-state index >= 15 is 0 Å². The topological polar surface area (TPSA) is 64.5 Å². The van der Waals surface area contributed by atoms with E-state index in [0.717, 1.165) is 54.5 Å². The lowest BCUT2D eigenvalue weighted by atomic mass is 10.1. The molecule has 3 aromatic heterocycles. The van der Waals surface area contributed by atoms with E-state index in [2.05, 4.69) is 91.0 Å². The average Bonchev–Trinajstić information content (AvgIpc) is 3.53. The molecule has 220 valence electrons. The molecule has 0 aliphatic heterocycles. The van der Waals surface area contributed by atoms with E-state index in [1.807, 2.05) is 60.7 Å². The summed E-state index contributed by atoms with van der Waals surface area (Å²) >= 11 is 1.74. The fraction of sp³-hybridized carbons (Fsp3) is 0. The van der Waals surface area contributed by atoms with Gasteiger partial charge in [0.05, 0.1) is 15.9 Å².